The summed E-state index contributed by atoms with van der Waals surface area (Å²) < 4.78 is 15.0. The number of hydrogen-bond donors (Lipinski definition) is 2. The molecule has 1 saturated heterocycles. The number of rotatable bonds is 4. The van der Waals surface area contributed by atoms with E-state index in [9.17, 15) is 4.79 Å². The topological polar surface area (TPSA) is 97.2 Å². The lowest BCUT2D eigenvalue weighted by Crippen LogP contribution is -2.48. The van der Waals surface area contributed by atoms with Gasteiger partial charge in [0.15, 0.2) is 0 Å². The second-order valence-electron chi connectivity index (χ2n) is 8.94. The highest BCUT2D eigenvalue weighted by molar-refractivity contribution is 6.36. The number of amidine groups is 1. The second-order valence-corrected chi connectivity index (χ2v) is 9.38. The maximum absolute atomic E-state index is 15.0. The Hall–Kier alpha value is -4.18. The van der Waals surface area contributed by atoms with Crippen LogP contribution in [0, 0.1) is 5.82 Å². The van der Waals surface area contributed by atoms with E-state index >= 15 is 4.39 Å². The summed E-state index contributed by atoms with van der Waals surface area (Å²) in [6, 6.07) is 12.5. The molecule has 0 radical (unpaired) electrons. The Morgan fingerprint density at radius 1 is 1.05 bits per heavy atom. The molecule has 6 rings (SSSR count). The standard InChI is InChI=1S/C26H23ClFN7O2/c27-18-3-1-16(2-4-18)20-13-17-15-30-25(32-23(17)35-8-7-29-24(20)35)31-22-6-5-19(14-21(22)28)33-9-11-34(12-10-33)26(36)37/h1-6,13-15H,7-12H2,(H,36,37)(H,30,31,32). The zero-order valence-electron chi connectivity index (χ0n) is 19.7. The number of carboxylic acid groups (broad SMARTS) is 1. The van der Waals surface area contributed by atoms with Crippen molar-refractivity contribution in [2.24, 2.45) is 4.99 Å². The van der Waals surface area contributed by atoms with Crippen LogP contribution in [0.25, 0.3) is 11.6 Å². The van der Waals surface area contributed by atoms with E-state index in [1.807, 2.05) is 41.3 Å². The van der Waals surface area contributed by atoms with Gasteiger partial charge >= 0.3 is 6.09 Å². The monoisotopic (exact) mass is 519 g/mol. The lowest BCUT2D eigenvalue weighted by molar-refractivity contribution is 0.142. The molecule has 0 aliphatic carbocycles. The van der Waals surface area contributed by atoms with Crippen LogP contribution >= 0.6 is 11.6 Å². The average molecular weight is 520 g/mol. The van der Waals surface area contributed by atoms with Crippen LogP contribution in [0.15, 0.2) is 53.7 Å². The summed E-state index contributed by atoms with van der Waals surface area (Å²) in [5.41, 5.74) is 3.81. The van der Waals surface area contributed by atoms with Crippen LogP contribution in [-0.2, 0) is 0 Å². The number of hydrogen-bond acceptors (Lipinski definition) is 7. The fourth-order valence-electron chi connectivity index (χ4n) is 4.78. The Balaban J connectivity index is 1.23. The first-order valence-corrected chi connectivity index (χ1v) is 12.3. The summed E-state index contributed by atoms with van der Waals surface area (Å²) in [5.74, 6) is 1.42. The van der Waals surface area contributed by atoms with Gasteiger partial charge in [0, 0.05) is 60.8 Å². The van der Waals surface area contributed by atoms with Crippen LogP contribution in [0.1, 0.15) is 11.1 Å². The molecule has 2 aromatic carbocycles. The largest absolute Gasteiger partial charge is 0.465 e. The highest BCUT2D eigenvalue weighted by atomic mass is 35.5. The van der Waals surface area contributed by atoms with Crippen LogP contribution in [0.3, 0.4) is 0 Å². The minimum Gasteiger partial charge on any atom is -0.465 e. The molecule has 3 aromatic rings. The van der Waals surface area contributed by atoms with Crippen LogP contribution < -0.4 is 15.1 Å². The molecule has 0 bridgehead atoms. The van der Waals surface area contributed by atoms with Crippen LogP contribution in [-0.4, -0.2) is 71.2 Å². The number of nitrogens with one attached hydrogen (secondary N) is 1. The van der Waals surface area contributed by atoms with Crippen molar-refractivity contribution >= 4 is 58.3 Å². The Bertz CT molecular complexity index is 1440. The molecular weight excluding hydrogens is 497 g/mol. The fraction of sp³-hybridized carbons (Fsp3) is 0.231. The molecule has 9 nitrogen and oxygen atoms in total. The maximum Gasteiger partial charge on any atom is 0.407 e. The first-order chi connectivity index (χ1) is 18.0. The van der Waals surface area contributed by atoms with Gasteiger partial charge in [-0.05, 0) is 42.0 Å². The van der Waals surface area contributed by atoms with Gasteiger partial charge in [-0.2, -0.15) is 4.98 Å². The average Bonchev–Trinajstić information content (AvgIpc) is 3.41. The highest BCUT2D eigenvalue weighted by Crippen LogP contribution is 2.36. The number of carbonyl (C=O) groups is 1. The Morgan fingerprint density at radius 3 is 2.57 bits per heavy atom. The molecule has 37 heavy (non-hydrogen) atoms. The smallest absolute Gasteiger partial charge is 0.407 e. The molecule has 3 aliphatic rings. The first kappa shape index (κ1) is 23.2. The number of anilines is 4. The number of aliphatic imine (C=N–C) groups is 1. The highest BCUT2D eigenvalue weighted by Gasteiger charge is 2.30. The summed E-state index contributed by atoms with van der Waals surface area (Å²) in [7, 11) is 0. The number of piperazine rings is 1. The Kier molecular flexibility index (Phi) is 5.88. The number of amides is 1. The van der Waals surface area contributed by atoms with Gasteiger partial charge in [-0.1, -0.05) is 23.7 Å². The van der Waals surface area contributed by atoms with Crippen molar-refractivity contribution in [2.75, 3.05) is 54.4 Å². The first-order valence-electron chi connectivity index (χ1n) is 11.9. The number of halogens is 2. The third-order valence-corrected chi connectivity index (χ3v) is 6.95. The summed E-state index contributed by atoms with van der Waals surface area (Å²) in [6.45, 7) is 3.15. The van der Waals surface area contributed by atoms with Crippen molar-refractivity contribution in [1.82, 2.24) is 14.9 Å². The molecule has 2 N–H and O–H groups in total. The second kappa shape index (κ2) is 9.36. The van der Waals surface area contributed by atoms with Gasteiger partial charge in [-0.25, -0.2) is 14.2 Å². The SMILES string of the molecule is O=C(O)N1CCN(c2ccc(Nc3ncc4c(n3)N3CCN=C3C(c3ccc(Cl)cc3)=C4)c(F)c2)CC1. The normalized spacial score (nSPS) is 16.6. The zero-order valence-corrected chi connectivity index (χ0v) is 20.5. The quantitative estimate of drug-likeness (QED) is 0.520. The van der Waals surface area contributed by atoms with Crippen molar-refractivity contribution < 1.29 is 14.3 Å². The van der Waals surface area contributed by atoms with E-state index in [0.717, 1.165) is 28.4 Å². The van der Waals surface area contributed by atoms with E-state index in [4.69, 9.17) is 26.7 Å². The molecular formula is C26H23ClFN7O2. The molecule has 0 saturated carbocycles. The van der Waals surface area contributed by atoms with Crippen molar-refractivity contribution in [3.8, 4) is 0 Å². The Labute approximate surface area is 217 Å². The van der Waals surface area contributed by atoms with Gasteiger partial charge in [0.05, 0.1) is 12.2 Å². The molecule has 0 unspecified atom stereocenters. The van der Waals surface area contributed by atoms with E-state index in [1.54, 1.807) is 12.3 Å². The van der Waals surface area contributed by atoms with Crippen LogP contribution in [0.4, 0.5) is 32.3 Å². The van der Waals surface area contributed by atoms with Gasteiger partial charge in [-0.15, -0.1) is 0 Å². The number of benzene rings is 2. The van der Waals surface area contributed by atoms with Crippen LogP contribution in [0.5, 0.6) is 0 Å². The third kappa shape index (κ3) is 4.44. The van der Waals surface area contributed by atoms with E-state index in [0.29, 0.717) is 50.0 Å². The van der Waals surface area contributed by atoms with E-state index < -0.39 is 11.9 Å². The van der Waals surface area contributed by atoms with Crippen molar-refractivity contribution in [2.45, 2.75) is 0 Å². The summed E-state index contributed by atoms with van der Waals surface area (Å²) in [4.78, 5) is 30.3. The summed E-state index contributed by atoms with van der Waals surface area (Å²) in [5, 5.41) is 12.8. The van der Waals surface area contributed by atoms with Crippen molar-refractivity contribution in [3.05, 3.63) is 70.6 Å². The molecule has 0 spiro atoms. The number of fused-ring (bicyclic) bond motifs is 3. The summed E-state index contributed by atoms with van der Waals surface area (Å²) in [6.07, 6.45) is 2.81. The molecule has 4 heterocycles. The van der Waals surface area contributed by atoms with Gasteiger partial charge in [0.1, 0.15) is 17.5 Å². The van der Waals surface area contributed by atoms with E-state index in [1.165, 1.54) is 11.0 Å². The number of aromatic nitrogens is 2. The minimum atomic E-state index is -0.931. The van der Waals surface area contributed by atoms with Gasteiger partial charge in [-0.3, -0.25) is 4.99 Å². The number of nitrogens with zero attached hydrogens (tertiary/aromatic N) is 6. The predicted molar refractivity (Wildman–Crippen MR) is 142 cm³/mol. The zero-order chi connectivity index (χ0) is 25.5. The lowest BCUT2D eigenvalue weighted by atomic mass is 9.99. The molecule has 0 atom stereocenters. The third-order valence-electron chi connectivity index (χ3n) is 6.70. The maximum atomic E-state index is 15.0. The molecule has 188 valence electrons. The van der Waals surface area contributed by atoms with E-state index in [-0.39, 0.29) is 11.6 Å². The predicted octanol–water partition coefficient (Wildman–Crippen LogP) is 4.59. The summed E-state index contributed by atoms with van der Waals surface area (Å²) >= 11 is 6.06. The molecule has 1 amide bonds. The van der Waals surface area contributed by atoms with Gasteiger partial charge < -0.3 is 25.1 Å². The van der Waals surface area contributed by atoms with Gasteiger partial charge in [0.2, 0.25) is 5.95 Å². The van der Waals surface area contributed by atoms with E-state index in [2.05, 4.69) is 15.2 Å². The van der Waals surface area contributed by atoms with Gasteiger partial charge in [0.25, 0.3) is 0 Å². The fourth-order valence-corrected chi connectivity index (χ4v) is 4.91. The molecule has 11 heteroatoms. The van der Waals surface area contributed by atoms with Crippen molar-refractivity contribution in [1.29, 1.82) is 0 Å². The van der Waals surface area contributed by atoms with Crippen molar-refractivity contribution in [3.63, 3.8) is 0 Å². The van der Waals surface area contributed by atoms with Crippen LogP contribution in [0.2, 0.25) is 5.02 Å². The molecule has 1 fully saturated rings. The Morgan fingerprint density at radius 2 is 1.84 bits per heavy atom. The molecule has 1 aromatic heterocycles. The molecule has 3 aliphatic heterocycles. The lowest BCUT2D eigenvalue weighted by Gasteiger charge is -2.34. The minimum absolute atomic E-state index is 0.261.